The van der Waals surface area contributed by atoms with E-state index < -0.39 is 11.6 Å². The molecule has 1 atom stereocenters. The van der Waals surface area contributed by atoms with Gasteiger partial charge in [-0.1, -0.05) is 78.9 Å². The molecule has 148 valence electrons. The van der Waals surface area contributed by atoms with Crippen molar-refractivity contribution in [2.75, 3.05) is 20.3 Å². The Morgan fingerprint density at radius 3 is 2.00 bits per heavy atom. The van der Waals surface area contributed by atoms with E-state index in [1.54, 1.807) is 7.05 Å². The zero-order valence-electron chi connectivity index (χ0n) is 16.7. The molecule has 4 nitrogen and oxygen atoms in total. The molecule has 0 saturated heterocycles. The molecule has 0 saturated carbocycles. The van der Waals surface area contributed by atoms with E-state index in [0.29, 0.717) is 0 Å². The fourth-order valence-electron chi connectivity index (χ4n) is 4.08. The van der Waals surface area contributed by atoms with Crippen molar-refractivity contribution in [1.82, 2.24) is 4.90 Å². The average Bonchev–Trinajstić information content (AvgIpc) is 3.10. The van der Waals surface area contributed by atoms with Gasteiger partial charge in [0, 0.05) is 13.0 Å². The number of aliphatic hydroxyl groups excluding tert-OH is 1. The van der Waals surface area contributed by atoms with Gasteiger partial charge in [0.05, 0.1) is 12.1 Å². The molecule has 0 spiro atoms. The van der Waals surface area contributed by atoms with Crippen molar-refractivity contribution in [3.63, 3.8) is 0 Å². The normalized spacial score (nSPS) is 14.6. The number of carbonyl (C=O) groups is 1. The van der Waals surface area contributed by atoms with Crippen molar-refractivity contribution in [3.8, 4) is 11.1 Å². The highest BCUT2D eigenvalue weighted by molar-refractivity contribution is 5.79. The van der Waals surface area contributed by atoms with E-state index in [0.717, 1.165) is 5.56 Å². The van der Waals surface area contributed by atoms with Crippen LogP contribution in [0.2, 0.25) is 0 Å². The highest BCUT2D eigenvalue weighted by atomic mass is 16.6. The van der Waals surface area contributed by atoms with Crippen LogP contribution in [-0.2, 0) is 10.3 Å². The molecule has 0 radical (unpaired) electrons. The maximum absolute atomic E-state index is 12.9. The van der Waals surface area contributed by atoms with E-state index in [1.165, 1.54) is 27.2 Å². The van der Waals surface area contributed by atoms with Crippen LogP contribution in [0.5, 0.6) is 0 Å². The molecule has 1 amide bonds. The molecule has 1 aliphatic rings. The predicted molar refractivity (Wildman–Crippen MR) is 114 cm³/mol. The maximum Gasteiger partial charge on any atom is 0.410 e. The van der Waals surface area contributed by atoms with Crippen LogP contribution in [-0.4, -0.2) is 36.4 Å². The summed E-state index contributed by atoms with van der Waals surface area (Å²) in [6.07, 6.45) is -0.452. The van der Waals surface area contributed by atoms with Crippen molar-refractivity contribution in [3.05, 3.63) is 95.6 Å². The summed E-state index contributed by atoms with van der Waals surface area (Å²) in [4.78, 5) is 14.4. The monoisotopic (exact) mass is 387 g/mol. The zero-order chi connectivity index (χ0) is 20.4. The third-order valence-electron chi connectivity index (χ3n) is 6.05. The number of hydrogen-bond acceptors (Lipinski definition) is 3. The Hall–Kier alpha value is -3.11. The van der Waals surface area contributed by atoms with E-state index in [2.05, 4.69) is 24.3 Å². The van der Waals surface area contributed by atoms with Crippen LogP contribution < -0.4 is 0 Å². The first-order valence-electron chi connectivity index (χ1n) is 9.81. The Bertz CT molecular complexity index is 972. The summed E-state index contributed by atoms with van der Waals surface area (Å²) < 4.78 is 5.75. The van der Waals surface area contributed by atoms with Gasteiger partial charge in [0.2, 0.25) is 0 Å². The van der Waals surface area contributed by atoms with E-state index in [4.69, 9.17) is 4.74 Å². The highest BCUT2D eigenvalue weighted by Gasteiger charge is 2.36. The Kier molecular flexibility index (Phi) is 5.12. The number of benzene rings is 3. The number of hydrogen-bond donors (Lipinski definition) is 1. The van der Waals surface area contributed by atoms with Gasteiger partial charge in [0.1, 0.15) is 6.61 Å². The smallest absolute Gasteiger partial charge is 0.410 e. The van der Waals surface area contributed by atoms with E-state index in [1.807, 2.05) is 61.5 Å². The van der Waals surface area contributed by atoms with Gasteiger partial charge in [-0.2, -0.15) is 0 Å². The number of fused-ring (bicyclic) bond motifs is 3. The number of likely N-dealkylation sites (N-methyl/N-ethyl adjacent to an activating group) is 1. The second kappa shape index (κ2) is 7.72. The van der Waals surface area contributed by atoms with Crippen LogP contribution in [0.3, 0.4) is 0 Å². The number of ether oxygens (including phenoxy) is 1. The molecule has 0 fully saturated rings. The van der Waals surface area contributed by atoms with Crippen LogP contribution >= 0.6 is 0 Å². The maximum atomic E-state index is 12.9. The lowest BCUT2D eigenvalue weighted by atomic mass is 9.91. The molecule has 1 N–H and O–H groups in total. The Morgan fingerprint density at radius 2 is 1.45 bits per heavy atom. The molecule has 3 aromatic carbocycles. The highest BCUT2D eigenvalue weighted by Crippen LogP contribution is 2.44. The van der Waals surface area contributed by atoms with Crippen LogP contribution in [0.1, 0.15) is 29.5 Å². The molecule has 3 aromatic rings. The summed E-state index contributed by atoms with van der Waals surface area (Å²) in [7, 11) is 1.67. The fraction of sp³-hybridized carbons (Fsp3) is 0.240. The fourth-order valence-corrected chi connectivity index (χ4v) is 4.08. The minimum Gasteiger partial charge on any atom is -0.448 e. The SMILES string of the molecule is CN(C(=O)OCC1c2ccccc2-c2ccccc21)C(C)(CO)c1ccccc1. The van der Waals surface area contributed by atoms with Crippen LogP contribution in [0.15, 0.2) is 78.9 Å². The average molecular weight is 387 g/mol. The molecule has 1 unspecified atom stereocenters. The molecule has 0 aliphatic heterocycles. The number of nitrogens with zero attached hydrogens (tertiary/aromatic N) is 1. The molecule has 0 bridgehead atoms. The summed E-state index contributed by atoms with van der Waals surface area (Å²) in [6.45, 7) is 1.90. The molecule has 4 heteroatoms. The van der Waals surface area contributed by atoms with Crippen molar-refractivity contribution < 1.29 is 14.6 Å². The first-order valence-corrected chi connectivity index (χ1v) is 9.81. The van der Waals surface area contributed by atoms with Gasteiger partial charge in [-0.15, -0.1) is 0 Å². The second-order valence-electron chi connectivity index (χ2n) is 7.66. The molecule has 4 rings (SSSR count). The van der Waals surface area contributed by atoms with E-state index in [9.17, 15) is 9.90 Å². The number of amides is 1. The Labute approximate surface area is 171 Å². The first kappa shape index (κ1) is 19.2. The lowest BCUT2D eigenvalue weighted by molar-refractivity contribution is 0.0375. The largest absolute Gasteiger partial charge is 0.448 e. The molecule has 29 heavy (non-hydrogen) atoms. The molecule has 0 aromatic heterocycles. The topological polar surface area (TPSA) is 49.8 Å². The van der Waals surface area contributed by atoms with Crippen LogP contribution in [0, 0.1) is 0 Å². The Morgan fingerprint density at radius 1 is 0.931 bits per heavy atom. The predicted octanol–water partition coefficient (Wildman–Crippen LogP) is 4.78. The standard InChI is InChI=1S/C25H25NO3/c1-25(17-27,18-10-4-3-5-11-18)26(2)24(28)29-16-23-21-14-8-6-12-19(21)20-13-7-9-15-22(20)23/h3-15,23,27H,16-17H2,1-2H3. The van der Waals surface area contributed by atoms with Crippen molar-refractivity contribution in [2.45, 2.75) is 18.4 Å². The third kappa shape index (κ3) is 3.30. The first-order chi connectivity index (χ1) is 14.1. The summed E-state index contributed by atoms with van der Waals surface area (Å²) in [6, 6.07) is 26.0. The van der Waals surface area contributed by atoms with Gasteiger partial charge in [-0.25, -0.2) is 4.79 Å². The third-order valence-corrected chi connectivity index (χ3v) is 6.05. The molecular weight excluding hydrogens is 362 g/mol. The lowest BCUT2D eigenvalue weighted by Crippen LogP contribution is -2.48. The molecule has 1 aliphatic carbocycles. The van der Waals surface area contributed by atoms with E-state index >= 15 is 0 Å². The number of rotatable bonds is 5. The quantitative estimate of drug-likeness (QED) is 0.686. The van der Waals surface area contributed by atoms with Crippen molar-refractivity contribution >= 4 is 6.09 Å². The summed E-state index contributed by atoms with van der Waals surface area (Å²) in [5.74, 6) is 0.0110. The molecular formula is C25H25NO3. The number of aliphatic hydroxyl groups is 1. The van der Waals surface area contributed by atoms with Crippen molar-refractivity contribution in [1.29, 1.82) is 0 Å². The summed E-state index contributed by atoms with van der Waals surface area (Å²) >= 11 is 0. The van der Waals surface area contributed by atoms with Crippen molar-refractivity contribution in [2.24, 2.45) is 0 Å². The zero-order valence-corrected chi connectivity index (χ0v) is 16.7. The van der Waals surface area contributed by atoms with Gasteiger partial charge in [-0.05, 0) is 34.7 Å². The Balaban J connectivity index is 1.54. The van der Waals surface area contributed by atoms with Crippen LogP contribution in [0.25, 0.3) is 11.1 Å². The van der Waals surface area contributed by atoms with Gasteiger partial charge < -0.3 is 9.84 Å². The van der Waals surface area contributed by atoms with Gasteiger partial charge in [0.15, 0.2) is 0 Å². The number of carbonyl (C=O) groups excluding carboxylic acids is 1. The second-order valence-corrected chi connectivity index (χ2v) is 7.66. The minimum atomic E-state index is -0.857. The summed E-state index contributed by atoms with van der Waals surface area (Å²) in [5.41, 5.74) is 4.75. The van der Waals surface area contributed by atoms with Crippen LogP contribution in [0.4, 0.5) is 4.79 Å². The minimum absolute atomic E-state index is 0.0110. The van der Waals surface area contributed by atoms with Gasteiger partial charge >= 0.3 is 6.09 Å². The van der Waals surface area contributed by atoms with Gasteiger partial charge in [0.25, 0.3) is 0 Å². The van der Waals surface area contributed by atoms with Gasteiger partial charge in [-0.3, -0.25) is 4.90 Å². The van der Waals surface area contributed by atoms with E-state index in [-0.39, 0.29) is 19.1 Å². The lowest BCUT2D eigenvalue weighted by Gasteiger charge is -2.37. The molecule has 0 heterocycles. The summed E-state index contributed by atoms with van der Waals surface area (Å²) in [5, 5.41) is 10.0.